The lowest BCUT2D eigenvalue weighted by Crippen LogP contribution is -2.31. The molecule has 2 aromatic rings. The first kappa shape index (κ1) is 14.9. The molecule has 0 saturated carbocycles. The van der Waals surface area contributed by atoms with E-state index in [0.29, 0.717) is 6.54 Å². The van der Waals surface area contributed by atoms with Gasteiger partial charge in [-0.05, 0) is 41.8 Å². The smallest absolute Gasteiger partial charge is 0.233 e. The fourth-order valence-corrected chi connectivity index (χ4v) is 2.28. The molecule has 0 aliphatic rings. The third-order valence-corrected chi connectivity index (χ3v) is 3.65. The van der Waals surface area contributed by atoms with E-state index < -0.39 is 0 Å². The van der Waals surface area contributed by atoms with E-state index in [1.165, 1.54) is 16.3 Å². The van der Waals surface area contributed by atoms with Crippen LogP contribution in [0.15, 0.2) is 36.4 Å². The minimum Gasteiger partial charge on any atom is -0.497 e. The summed E-state index contributed by atoms with van der Waals surface area (Å²) in [4.78, 5) is 11.4. The Morgan fingerprint density at radius 2 is 2.15 bits per heavy atom. The first-order valence-electron chi connectivity index (χ1n) is 6.59. The van der Waals surface area contributed by atoms with Gasteiger partial charge in [-0.2, -0.15) is 0 Å². The molecule has 3 nitrogen and oxygen atoms in total. The SMILES string of the molecule is COc1ccc2cccc(CCNC(=O)C(C)Br)c2c1. The largest absolute Gasteiger partial charge is 0.497 e. The van der Waals surface area contributed by atoms with Gasteiger partial charge in [0.15, 0.2) is 0 Å². The van der Waals surface area contributed by atoms with Crippen molar-refractivity contribution in [1.29, 1.82) is 0 Å². The zero-order valence-corrected chi connectivity index (χ0v) is 13.2. The van der Waals surface area contributed by atoms with Crippen molar-refractivity contribution in [2.45, 2.75) is 18.2 Å². The summed E-state index contributed by atoms with van der Waals surface area (Å²) in [7, 11) is 1.67. The molecule has 0 saturated heterocycles. The quantitative estimate of drug-likeness (QED) is 0.851. The fraction of sp³-hybridized carbons (Fsp3) is 0.312. The van der Waals surface area contributed by atoms with Gasteiger partial charge in [-0.3, -0.25) is 4.79 Å². The van der Waals surface area contributed by atoms with Gasteiger partial charge in [-0.1, -0.05) is 40.2 Å². The molecule has 0 aliphatic heterocycles. The van der Waals surface area contributed by atoms with Crippen molar-refractivity contribution in [3.05, 3.63) is 42.0 Å². The van der Waals surface area contributed by atoms with Crippen LogP contribution in [-0.4, -0.2) is 24.4 Å². The number of methoxy groups -OCH3 is 1. The van der Waals surface area contributed by atoms with Gasteiger partial charge in [0.1, 0.15) is 5.75 Å². The normalized spacial score (nSPS) is 12.2. The van der Waals surface area contributed by atoms with Gasteiger partial charge >= 0.3 is 0 Å². The summed E-state index contributed by atoms with van der Waals surface area (Å²) in [6.07, 6.45) is 0.802. The Balaban J connectivity index is 2.15. The maximum Gasteiger partial charge on any atom is 0.233 e. The maximum atomic E-state index is 11.5. The van der Waals surface area contributed by atoms with Crippen LogP contribution in [0.1, 0.15) is 12.5 Å². The molecule has 0 fully saturated rings. The van der Waals surface area contributed by atoms with E-state index in [9.17, 15) is 4.79 Å². The summed E-state index contributed by atoms with van der Waals surface area (Å²) in [6, 6.07) is 12.3. The minimum atomic E-state index is -0.157. The summed E-state index contributed by atoms with van der Waals surface area (Å²) in [5.41, 5.74) is 1.21. The second kappa shape index (κ2) is 6.75. The first-order chi connectivity index (χ1) is 9.61. The predicted molar refractivity (Wildman–Crippen MR) is 85.6 cm³/mol. The number of halogens is 1. The average Bonchev–Trinajstić information content (AvgIpc) is 2.46. The molecule has 0 spiro atoms. The molecule has 1 amide bonds. The molecule has 2 rings (SSSR count). The third kappa shape index (κ3) is 3.51. The Morgan fingerprint density at radius 3 is 2.85 bits per heavy atom. The predicted octanol–water partition coefficient (Wildman–Crippen LogP) is 3.29. The first-order valence-corrected chi connectivity index (χ1v) is 7.51. The Kier molecular flexibility index (Phi) is 5.01. The summed E-state index contributed by atoms with van der Waals surface area (Å²) in [6.45, 7) is 2.45. The minimum absolute atomic E-state index is 0.0165. The van der Waals surface area contributed by atoms with E-state index >= 15 is 0 Å². The number of nitrogens with one attached hydrogen (secondary N) is 1. The lowest BCUT2D eigenvalue weighted by atomic mass is 10.0. The second-order valence-corrected chi connectivity index (χ2v) is 6.03. The number of hydrogen-bond donors (Lipinski definition) is 1. The van der Waals surface area contributed by atoms with E-state index in [2.05, 4.69) is 39.4 Å². The van der Waals surface area contributed by atoms with Gasteiger partial charge in [-0.25, -0.2) is 0 Å². The molecule has 1 unspecified atom stereocenters. The van der Waals surface area contributed by atoms with Crippen LogP contribution in [0, 0.1) is 0 Å². The second-order valence-electron chi connectivity index (χ2n) is 4.66. The lowest BCUT2D eigenvalue weighted by Gasteiger charge is -2.10. The summed E-state index contributed by atoms with van der Waals surface area (Å²) < 4.78 is 5.28. The van der Waals surface area contributed by atoms with E-state index in [-0.39, 0.29) is 10.7 Å². The molecule has 0 heterocycles. The Labute approximate surface area is 127 Å². The highest BCUT2D eigenvalue weighted by molar-refractivity contribution is 9.10. The molecule has 2 aromatic carbocycles. The van der Waals surface area contributed by atoms with Gasteiger partial charge in [0.25, 0.3) is 0 Å². The fourth-order valence-electron chi connectivity index (χ4n) is 2.12. The van der Waals surface area contributed by atoms with Crippen LogP contribution in [0.5, 0.6) is 5.75 Å². The van der Waals surface area contributed by atoms with Crippen LogP contribution < -0.4 is 10.1 Å². The monoisotopic (exact) mass is 335 g/mol. The highest BCUT2D eigenvalue weighted by Crippen LogP contribution is 2.24. The van der Waals surface area contributed by atoms with Crippen molar-refractivity contribution < 1.29 is 9.53 Å². The van der Waals surface area contributed by atoms with Gasteiger partial charge in [0, 0.05) is 6.54 Å². The van der Waals surface area contributed by atoms with Crippen LogP contribution in [-0.2, 0) is 11.2 Å². The Bertz CT molecular complexity index is 610. The number of hydrogen-bond acceptors (Lipinski definition) is 2. The molecular formula is C16H18BrNO2. The number of carbonyl (C=O) groups is 1. The molecule has 0 aromatic heterocycles. The molecule has 106 valence electrons. The van der Waals surface area contributed by atoms with Gasteiger partial charge in [-0.15, -0.1) is 0 Å². The summed E-state index contributed by atoms with van der Waals surface area (Å²) >= 11 is 3.26. The van der Waals surface area contributed by atoms with Crippen molar-refractivity contribution in [2.24, 2.45) is 0 Å². The van der Waals surface area contributed by atoms with E-state index in [0.717, 1.165) is 12.2 Å². The van der Waals surface area contributed by atoms with E-state index in [1.807, 2.05) is 25.1 Å². The number of fused-ring (bicyclic) bond motifs is 1. The van der Waals surface area contributed by atoms with Crippen molar-refractivity contribution in [3.8, 4) is 5.75 Å². The van der Waals surface area contributed by atoms with Crippen LogP contribution in [0.3, 0.4) is 0 Å². The highest BCUT2D eigenvalue weighted by atomic mass is 79.9. The third-order valence-electron chi connectivity index (χ3n) is 3.23. The van der Waals surface area contributed by atoms with Gasteiger partial charge in [0.2, 0.25) is 5.91 Å². The standard InChI is InChI=1S/C16H18BrNO2/c1-11(17)16(19)18-9-8-13-5-3-4-12-6-7-14(20-2)10-15(12)13/h3-7,10-11H,8-9H2,1-2H3,(H,18,19). The van der Waals surface area contributed by atoms with Crippen LogP contribution in [0.25, 0.3) is 10.8 Å². The highest BCUT2D eigenvalue weighted by Gasteiger charge is 2.08. The Hall–Kier alpha value is -1.55. The number of amides is 1. The van der Waals surface area contributed by atoms with Crippen LogP contribution >= 0.6 is 15.9 Å². The number of benzene rings is 2. The number of carbonyl (C=O) groups excluding carboxylic acids is 1. The van der Waals surface area contributed by atoms with Crippen LogP contribution in [0.2, 0.25) is 0 Å². The molecule has 0 aliphatic carbocycles. The molecular weight excluding hydrogens is 318 g/mol. The number of rotatable bonds is 5. The topological polar surface area (TPSA) is 38.3 Å². The van der Waals surface area contributed by atoms with E-state index in [4.69, 9.17) is 4.74 Å². The summed E-state index contributed by atoms with van der Waals surface area (Å²) in [5.74, 6) is 0.867. The number of ether oxygens (including phenoxy) is 1. The maximum absolute atomic E-state index is 11.5. The van der Waals surface area contributed by atoms with Gasteiger partial charge < -0.3 is 10.1 Å². The zero-order chi connectivity index (χ0) is 14.5. The zero-order valence-electron chi connectivity index (χ0n) is 11.7. The lowest BCUT2D eigenvalue weighted by molar-refractivity contribution is -0.120. The molecule has 1 N–H and O–H groups in total. The Morgan fingerprint density at radius 1 is 1.35 bits per heavy atom. The molecule has 0 radical (unpaired) electrons. The van der Waals surface area contributed by atoms with Gasteiger partial charge in [0.05, 0.1) is 11.9 Å². The molecule has 20 heavy (non-hydrogen) atoms. The van der Waals surface area contributed by atoms with Crippen molar-refractivity contribution in [1.82, 2.24) is 5.32 Å². The molecule has 4 heteroatoms. The van der Waals surface area contributed by atoms with Crippen molar-refractivity contribution in [2.75, 3.05) is 13.7 Å². The number of alkyl halides is 1. The summed E-state index contributed by atoms with van der Waals surface area (Å²) in [5, 5.41) is 5.26. The molecule has 0 bridgehead atoms. The van der Waals surface area contributed by atoms with Crippen molar-refractivity contribution in [3.63, 3.8) is 0 Å². The van der Waals surface area contributed by atoms with Crippen molar-refractivity contribution >= 4 is 32.6 Å². The molecule has 1 atom stereocenters. The van der Waals surface area contributed by atoms with Crippen LogP contribution in [0.4, 0.5) is 0 Å². The van der Waals surface area contributed by atoms with E-state index in [1.54, 1.807) is 7.11 Å². The average molecular weight is 336 g/mol.